The number of aromatic nitrogens is 1. The Bertz CT molecular complexity index is 3230. The molecule has 0 atom stereocenters. The molecule has 2 aliphatic rings. The summed E-state index contributed by atoms with van der Waals surface area (Å²) in [6, 6.07) is 52.0. The zero-order valence-electron chi connectivity index (χ0n) is 30.6. The number of nitrogens with zero attached hydrogens (tertiary/aromatic N) is 2. The number of hydrogen-bond acceptors (Lipinski definition) is 3. The molecule has 0 saturated carbocycles. The van der Waals surface area contributed by atoms with Gasteiger partial charge < -0.3 is 13.8 Å². The summed E-state index contributed by atoms with van der Waals surface area (Å²) >= 11 is 1.92. The normalized spacial score (nSPS) is 13.5. The minimum absolute atomic E-state index is 0.00493. The molecule has 0 N–H and O–H groups in total. The first-order chi connectivity index (χ1) is 26.3. The highest BCUT2D eigenvalue weighted by Crippen LogP contribution is 2.51. The molecule has 0 spiro atoms. The molecular weight excluding hydrogens is 675 g/mol. The molecule has 0 unspecified atom stereocenters. The molecule has 256 valence electrons. The van der Waals surface area contributed by atoms with E-state index in [1.54, 1.807) is 0 Å². The Labute approximate surface area is 317 Å². The van der Waals surface area contributed by atoms with E-state index in [1.165, 1.54) is 86.9 Å². The molecule has 5 heterocycles. The van der Waals surface area contributed by atoms with E-state index in [0.717, 1.165) is 27.6 Å². The van der Waals surface area contributed by atoms with Crippen molar-refractivity contribution in [1.29, 1.82) is 0 Å². The summed E-state index contributed by atoms with van der Waals surface area (Å²) in [6.07, 6.45) is 0. The maximum absolute atomic E-state index is 6.68. The highest BCUT2D eigenvalue weighted by molar-refractivity contribution is 7.26. The Kier molecular flexibility index (Phi) is 5.95. The lowest BCUT2D eigenvalue weighted by Crippen LogP contribution is -2.56. The molecule has 2 aliphatic heterocycles. The van der Waals surface area contributed by atoms with Gasteiger partial charge in [-0.05, 0) is 75.8 Å². The van der Waals surface area contributed by atoms with Gasteiger partial charge in [-0.1, -0.05) is 124 Å². The lowest BCUT2D eigenvalue weighted by molar-refractivity contribution is 0.590. The first-order valence-corrected chi connectivity index (χ1v) is 19.7. The molecule has 0 bridgehead atoms. The van der Waals surface area contributed by atoms with Gasteiger partial charge in [-0.15, -0.1) is 11.3 Å². The van der Waals surface area contributed by atoms with Crippen molar-refractivity contribution < 1.29 is 4.42 Å². The van der Waals surface area contributed by atoms with E-state index >= 15 is 0 Å². The lowest BCUT2D eigenvalue weighted by Gasteiger charge is -2.41. The van der Waals surface area contributed by atoms with Crippen LogP contribution < -0.4 is 15.8 Å². The predicted molar refractivity (Wildman–Crippen MR) is 232 cm³/mol. The summed E-state index contributed by atoms with van der Waals surface area (Å²) in [5, 5.41) is 6.33. The van der Waals surface area contributed by atoms with Crippen LogP contribution in [0.2, 0.25) is 0 Å². The minimum atomic E-state index is -0.0306. The third kappa shape index (κ3) is 3.97. The molecule has 3 nitrogen and oxygen atoms in total. The first kappa shape index (κ1) is 30.4. The molecule has 7 aromatic carbocycles. The quantitative estimate of drug-likeness (QED) is 0.167. The van der Waals surface area contributed by atoms with E-state index in [2.05, 4.69) is 177 Å². The Hall–Kier alpha value is -6.04. The van der Waals surface area contributed by atoms with Crippen molar-refractivity contribution in [2.24, 2.45) is 0 Å². The van der Waals surface area contributed by atoms with E-state index < -0.39 is 0 Å². The number of fused-ring (bicyclic) bond motifs is 12. The second-order valence-electron chi connectivity index (χ2n) is 16.2. The Balaban J connectivity index is 1.26. The van der Waals surface area contributed by atoms with Crippen LogP contribution >= 0.6 is 11.3 Å². The Morgan fingerprint density at radius 3 is 2.22 bits per heavy atom. The molecule has 0 fully saturated rings. The Morgan fingerprint density at radius 1 is 0.593 bits per heavy atom. The van der Waals surface area contributed by atoms with Crippen molar-refractivity contribution in [2.45, 2.75) is 33.1 Å². The molecule has 0 aliphatic carbocycles. The van der Waals surface area contributed by atoms with Crippen LogP contribution in [0.25, 0.3) is 75.4 Å². The SMILES string of the molecule is Cc1cc2c3c(c1)N(c1ccc(C(C)(C)C)cc1-c1ccccc1)c1cc4oc5ccccc5c4cc1B3n1c3sc4ccccc4c3c3cccc-2c31. The molecule has 10 aromatic rings. The van der Waals surface area contributed by atoms with E-state index in [1.807, 2.05) is 11.3 Å². The summed E-state index contributed by atoms with van der Waals surface area (Å²) in [7, 11) is 0. The van der Waals surface area contributed by atoms with Gasteiger partial charge in [0.25, 0.3) is 0 Å². The van der Waals surface area contributed by atoms with Gasteiger partial charge in [0.2, 0.25) is 0 Å². The number of para-hydroxylation sites is 2. The monoisotopic (exact) mass is 710 g/mol. The van der Waals surface area contributed by atoms with Crippen molar-refractivity contribution in [3.05, 3.63) is 151 Å². The molecular formula is C49H35BN2OS. The van der Waals surface area contributed by atoms with E-state index in [9.17, 15) is 0 Å². The van der Waals surface area contributed by atoms with Gasteiger partial charge in [0, 0.05) is 65.7 Å². The highest BCUT2D eigenvalue weighted by atomic mass is 32.1. The highest BCUT2D eigenvalue weighted by Gasteiger charge is 2.44. The average molecular weight is 711 g/mol. The molecule has 3 aromatic heterocycles. The van der Waals surface area contributed by atoms with Crippen molar-refractivity contribution in [3.8, 4) is 22.3 Å². The second-order valence-corrected chi connectivity index (χ2v) is 17.2. The fraction of sp³-hybridized carbons (Fsp3) is 0.102. The van der Waals surface area contributed by atoms with Gasteiger partial charge in [0.15, 0.2) is 0 Å². The topological polar surface area (TPSA) is 21.3 Å². The fourth-order valence-corrected chi connectivity index (χ4v) is 10.8. The van der Waals surface area contributed by atoms with E-state index in [-0.39, 0.29) is 12.3 Å². The third-order valence-electron chi connectivity index (χ3n) is 12.0. The van der Waals surface area contributed by atoms with Crippen molar-refractivity contribution in [1.82, 2.24) is 4.48 Å². The number of furan rings is 1. The summed E-state index contributed by atoms with van der Waals surface area (Å²) < 4.78 is 10.7. The second kappa shape index (κ2) is 10.6. The summed E-state index contributed by atoms with van der Waals surface area (Å²) in [4.78, 5) is 3.88. The molecule has 0 amide bonds. The van der Waals surface area contributed by atoms with Gasteiger partial charge in [-0.2, -0.15) is 0 Å². The van der Waals surface area contributed by atoms with E-state index in [0.29, 0.717) is 0 Å². The maximum Gasteiger partial charge on any atom is 0.333 e. The zero-order chi connectivity index (χ0) is 36.0. The van der Waals surface area contributed by atoms with Crippen LogP contribution in [0.5, 0.6) is 0 Å². The van der Waals surface area contributed by atoms with Crippen LogP contribution in [-0.2, 0) is 5.41 Å². The third-order valence-corrected chi connectivity index (χ3v) is 13.1. The number of aryl methyl sites for hydroxylation is 1. The van der Waals surface area contributed by atoms with Gasteiger partial charge in [0.05, 0.1) is 10.5 Å². The molecule has 54 heavy (non-hydrogen) atoms. The fourth-order valence-electron chi connectivity index (χ4n) is 9.56. The summed E-state index contributed by atoms with van der Waals surface area (Å²) in [6.45, 7) is 9.13. The van der Waals surface area contributed by atoms with Crippen molar-refractivity contribution in [2.75, 3.05) is 4.90 Å². The average Bonchev–Trinajstić information content (AvgIpc) is 3.84. The van der Waals surface area contributed by atoms with Crippen LogP contribution in [0, 0.1) is 6.92 Å². The number of benzene rings is 7. The molecule has 12 rings (SSSR count). The van der Waals surface area contributed by atoms with Gasteiger partial charge >= 0.3 is 6.85 Å². The van der Waals surface area contributed by atoms with Crippen LogP contribution in [0.4, 0.5) is 17.1 Å². The summed E-state index contributed by atoms with van der Waals surface area (Å²) in [5.74, 6) is 0. The molecule has 5 heteroatoms. The minimum Gasteiger partial charge on any atom is -0.456 e. The van der Waals surface area contributed by atoms with Crippen LogP contribution in [0.15, 0.2) is 144 Å². The molecule has 0 saturated heterocycles. The lowest BCUT2D eigenvalue weighted by atomic mass is 9.45. The number of hydrogen-bond donors (Lipinski definition) is 0. The van der Waals surface area contributed by atoms with Gasteiger partial charge in [-0.3, -0.25) is 0 Å². The van der Waals surface area contributed by atoms with Crippen molar-refractivity contribution in [3.63, 3.8) is 0 Å². The van der Waals surface area contributed by atoms with Crippen LogP contribution in [-0.4, -0.2) is 11.3 Å². The van der Waals surface area contributed by atoms with Gasteiger partial charge in [-0.25, -0.2) is 0 Å². The number of rotatable bonds is 2. The first-order valence-electron chi connectivity index (χ1n) is 18.9. The Morgan fingerprint density at radius 2 is 1.37 bits per heavy atom. The largest absolute Gasteiger partial charge is 0.456 e. The zero-order valence-corrected chi connectivity index (χ0v) is 31.4. The van der Waals surface area contributed by atoms with Crippen LogP contribution in [0.1, 0.15) is 31.9 Å². The van der Waals surface area contributed by atoms with Crippen LogP contribution in [0.3, 0.4) is 0 Å². The summed E-state index contributed by atoms with van der Waals surface area (Å²) in [5.41, 5.74) is 17.0. The van der Waals surface area contributed by atoms with Gasteiger partial charge in [0.1, 0.15) is 11.2 Å². The number of anilines is 3. The molecule has 0 radical (unpaired) electrons. The predicted octanol–water partition coefficient (Wildman–Crippen LogP) is 12.6. The number of thiophene rings is 1. The standard InChI is InChI=1S/C49H35BN2OS/c1-28-23-37-32-17-12-18-34-45-33-16-9-11-20-44(33)54-48(45)52(47(32)34)50-38-26-36-31-15-8-10-19-42(31)53-43(36)27-40(38)51(41(24-28)46(37)50)39-22-21-30(49(2,3)4)25-35(39)29-13-6-5-7-14-29/h5-27H,1-4H3. The van der Waals surface area contributed by atoms with E-state index in [4.69, 9.17) is 4.42 Å². The smallest absolute Gasteiger partial charge is 0.333 e. The maximum atomic E-state index is 6.68. The van der Waals surface area contributed by atoms with Crippen molar-refractivity contribution >= 4 is 99.3 Å².